The molecule has 0 saturated heterocycles. The van der Waals surface area contributed by atoms with Gasteiger partial charge in [0.25, 0.3) is 5.91 Å². The van der Waals surface area contributed by atoms with Crippen molar-refractivity contribution in [2.75, 3.05) is 12.4 Å². The first-order valence-corrected chi connectivity index (χ1v) is 6.70. The Hall–Kier alpha value is -1.09. The Bertz CT molecular complexity index is 457. The van der Waals surface area contributed by atoms with Crippen molar-refractivity contribution in [2.45, 2.75) is 26.2 Å². The zero-order chi connectivity index (χ0) is 13.2. The summed E-state index contributed by atoms with van der Waals surface area (Å²) in [4.78, 5) is 12.0. The minimum absolute atomic E-state index is 0.131. The zero-order valence-electron chi connectivity index (χ0n) is 10.4. The number of nitrogens with one attached hydrogen (secondary N) is 1. The van der Waals surface area contributed by atoms with Gasteiger partial charge in [-0.05, 0) is 55.4 Å². The summed E-state index contributed by atoms with van der Waals surface area (Å²) in [6.45, 7) is 2.40. The molecule has 0 aromatic heterocycles. The second kappa shape index (κ2) is 5.27. The molecule has 1 aromatic rings. The van der Waals surface area contributed by atoms with E-state index in [-0.39, 0.29) is 17.1 Å². The Labute approximate surface area is 112 Å². The van der Waals surface area contributed by atoms with Crippen LogP contribution in [0, 0.1) is 18.2 Å². The molecular weight excluding hydrogens is 253 g/mol. The van der Waals surface area contributed by atoms with Crippen LogP contribution in [0.25, 0.3) is 0 Å². The maximum absolute atomic E-state index is 13.0. The predicted molar refractivity (Wildman–Crippen MR) is 70.5 cm³/mol. The summed E-state index contributed by atoms with van der Waals surface area (Å²) in [6, 6.07) is 4.22. The summed E-state index contributed by atoms with van der Waals surface area (Å²) < 4.78 is 13.0. The first-order valence-electron chi connectivity index (χ1n) is 6.17. The van der Waals surface area contributed by atoms with Gasteiger partial charge >= 0.3 is 0 Å². The van der Waals surface area contributed by atoms with Gasteiger partial charge in [0.2, 0.25) is 0 Å². The number of halogens is 2. The lowest BCUT2D eigenvalue weighted by molar-refractivity contribution is 0.0943. The first-order chi connectivity index (χ1) is 8.56. The largest absolute Gasteiger partial charge is 0.351 e. The van der Waals surface area contributed by atoms with Gasteiger partial charge in [0.05, 0.1) is 0 Å². The molecule has 0 heterocycles. The molecule has 1 amide bonds. The number of hydrogen-bond donors (Lipinski definition) is 1. The summed E-state index contributed by atoms with van der Waals surface area (Å²) >= 11 is 5.75. The number of alkyl halides is 1. The average Bonchev–Trinajstić information content (AvgIpc) is 3.07. The molecule has 0 unspecified atom stereocenters. The standard InChI is InChI=1S/C14H17ClFNO/c1-10-8-11(16)2-3-12(10)13(18)17-9-14(4-5-14)6-7-15/h2-3,8H,4-7,9H2,1H3,(H,17,18). The molecule has 1 fully saturated rings. The Kier molecular flexibility index (Phi) is 3.91. The SMILES string of the molecule is Cc1cc(F)ccc1C(=O)NCC1(CCCl)CC1. The van der Waals surface area contributed by atoms with Crippen LogP contribution in [0.2, 0.25) is 0 Å². The van der Waals surface area contributed by atoms with Crippen LogP contribution >= 0.6 is 11.6 Å². The lowest BCUT2D eigenvalue weighted by Crippen LogP contribution is -2.31. The third-order valence-electron chi connectivity index (χ3n) is 3.64. The van der Waals surface area contributed by atoms with Crippen LogP contribution in [-0.4, -0.2) is 18.3 Å². The van der Waals surface area contributed by atoms with E-state index < -0.39 is 0 Å². The minimum atomic E-state index is -0.315. The molecule has 1 N–H and O–H groups in total. The topological polar surface area (TPSA) is 29.1 Å². The third kappa shape index (κ3) is 3.02. The van der Waals surface area contributed by atoms with Gasteiger partial charge in [-0.1, -0.05) is 0 Å². The van der Waals surface area contributed by atoms with Gasteiger partial charge in [0.1, 0.15) is 5.82 Å². The van der Waals surface area contributed by atoms with Crippen molar-refractivity contribution in [1.29, 1.82) is 0 Å². The van der Waals surface area contributed by atoms with Crippen molar-refractivity contribution in [3.63, 3.8) is 0 Å². The molecule has 1 aliphatic carbocycles. The number of amides is 1. The highest BCUT2D eigenvalue weighted by Crippen LogP contribution is 2.48. The summed E-state index contributed by atoms with van der Waals surface area (Å²) in [5.74, 6) is 0.184. The number of hydrogen-bond acceptors (Lipinski definition) is 1. The Balaban J connectivity index is 1.96. The highest BCUT2D eigenvalue weighted by molar-refractivity contribution is 6.17. The summed E-state index contributed by atoms with van der Waals surface area (Å²) in [7, 11) is 0. The Morgan fingerprint density at radius 2 is 2.22 bits per heavy atom. The Morgan fingerprint density at radius 3 is 2.78 bits per heavy atom. The van der Waals surface area contributed by atoms with E-state index >= 15 is 0 Å². The summed E-state index contributed by atoms with van der Waals surface area (Å²) in [5, 5.41) is 2.93. The van der Waals surface area contributed by atoms with E-state index in [1.165, 1.54) is 18.2 Å². The molecule has 4 heteroatoms. The van der Waals surface area contributed by atoms with Gasteiger partial charge in [-0.3, -0.25) is 4.79 Å². The fraction of sp³-hybridized carbons (Fsp3) is 0.500. The van der Waals surface area contributed by atoms with Gasteiger partial charge in [-0.25, -0.2) is 4.39 Å². The summed E-state index contributed by atoms with van der Waals surface area (Å²) in [5.41, 5.74) is 1.42. The van der Waals surface area contributed by atoms with E-state index in [0.717, 1.165) is 19.3 Å². The lowest BCUT2D eigenvalue weighted by Gasteiger charge is -2.15. The number of carbonyl (C=O) groups excluding carboxylic acids is 1. The average molecular weight is 270 g/mol. The van der Waals surface area contributed by atoms with Gasteiger partial charge in [0, 0.05) is 18.0 Å². The van der Waals surface area contributed by atoms with Gasteiger partial charge in [-0.15, -0.1) is 11.6 Å². The van der Waals surface area contributed by atoms with Crippen molar-refractivity contribution in [1.82, 2.24) is 5.32 Å². The van der Waals surface area contributed by atoms with Crippen LogP contribution < -0.4 is 5.32 Å². The van der Waals surface area contributed by atoms with Crippen LogP contribution in [0.5, 0.6) is 0 Å². The van der Waals surface area contributed by atoms with Gasteiger partial charge in [-0.2, -0.15) is 0 Å². The number of aryl methyl sites for hydroxylation is 1. The normalized spacial score (nSPS) is 16.4. The third-order valence-corrected chi connectivity index (χ3v) is 3.83. The zero-order valence-corrected chi connectivity index (χ0v) is 11.2. The second-order valence-corrected chi connectivity index (χ2v) is 5.46. The number of benzene rings is 1. The fourth-order valence-electron chi connectivity index (χ4n) is 2.14. The van der Waals surface area contributed by atoms with Crippen molar-refractivity contribution in [3.8, 4) is 0 Å². The molecule has 18 heavy (non-hydrogen) atoms. The maximum Gasteiger partial charge on any atom is 0.251 e. The van der Waals surface area contributed by atoms with Crippen molar-refractivity contribution < 1.29 is 9.18 Å². The highest BCUT2D eigenvalue weighted by atomic mass is 35.5. The van der Waals surface area contributed by atoms with Crippen LogP contribution in [0.1, 0.15) is 35.2 Å². The quantitative estimate of drug-likeness (QED) is 0.817. The maximum atomic E-state index is 13.0. The van der Waals surface area contributed by atoms with Crippen molar-refractivity contribution in [3.05, 3.63) is 35.1 Å². The smallest absolute Gasteiger partial charge is 0.251 e. The first kappa shape index (κ1) is 13.3. The van der Waals surface area contributed by atoms with Gasteiger partial charge < -0.3 is 5.32 Å². The molecule has 0 bridgehead atoms. The van der Waals surface area contributed by atoms with E-state index in [1.54, 1.807) is 6.92 Å². The van der Waals surface area contributed by atoms with Crippen LogP contribution in [0.15, 0.2) is 18.2 Å². The predicted octanol–water partition coefficient (Wildman–Crippen LogP) is 3.27. The van der Waals surface area contributed by atoms with Gasteiger partial charge in [0.15, 0.2) is 0 Å². The van der Waals surface area contributed by atoms with Crippen molar-refractivity contribution in [2.24, 2.45) is 5.41 Å². The van der Waals surface area contributed by atoms with Crippen molar-refractivity contribution >= 4 is 17.5 Å². The lowest BCUT2D eigenvalue weighted by atomic mass is 10.0. The van der Waals surface area contributed by atoms with Crippen LogP contribution in [-0.2, 0) is 0 Å². The molecule has 1 aliphatic rings. The fourth-order valence-corrected chi connectivity index (χ4v) is 2.54. The minimum Gasteiger partial charge on any atom is -0.351 e. The van der Waals surface area contributed by atoms with E-state index in [2.05, 4.69) is 5.32 Å². The molecule has 0 spiro atoms. The Morgan fingerprint density at radius 1 is 1.50 bits per heavy atom. The van der Waals surface area contributed by atoms with Crippen LogP contribution in [0.3, 0.4) is 0 Å². The molecular formula is C14H17ClFNO. The molecule has 2 nitrogen and oxygen atoms in total. The molecule has 1 aromatic carbocycles. The molecule has 98 valence electrons. The molecule has 2 rings (SSSR count). The van der Waals surface area contributed by atoms with E-state index in [0.29, 0.717) is 23.6 Å². The second-order valence-electron chi connectivity index (χ2n) is 5.08. The molecule has 0 atom stereocenters. The monoisotopic (exact) mass is 269 g/mol. The van der Waals surface area contributed by atoms with E-state index in [4.69, 9.17) is 11.6 Å². The molecule has 0 aliphatic heterocycles. The van der Waals surface area contributed by atoms with E-state index in [9.17, 15) is 9.18 Å². The van der Waals surface area contributed by atoms with Crippen LogP contribution in [0.4, 0.5) is 4.39 Å². The number of carbonyl (C=O) groups is 1. The van der Waals surface area contributed by atoms with E-state index in [1.807, 2.05) is 0 Å². The molecule has 0 radical (unpaired) electrons. The molecule has 1 saturated carbocycles. The summed E-state index contributed by atoms with van der Waals surface area (Å²) in [6.07, 6.45) is 3.20. The highest BCUT2D eigenvalue weighted by Gasteiger charge is 2.41. The number of rotatable bonds is 5.